The van der Waals surface area contributed by atoms with Gasteiger partial charge in [-0.25, -0.2) is 0 Å². The van der Waals surface area contributed by atoms with Crippen molar-refractivity contribution in [1.82, 2.24) is 15.5 Å². The summed E-state index contributed by atoms with van der Waals surface area (Å²) < 4.78 is 4.65. The van der Waals surface area contributed by atoms with Gasteiger partial charge in [-0.05, 0) is 50.1 Å². The predicted molar refractivity (Wildman–Crippen MR) is 123 cm³/mol. The van der Waals surface area contributed by atoms with E-state index in [4.69, 9.17) is 4.74 Å². The summed E-state index contributed by atoms with van der Waals surface area (Å²) in [6.07, 6.45) is 0. The highest BCUT2D eigenvalue weighted by atomic mass is 32.2. The Kier molecular flexibility index (Phi) is 5.90. The molecule has 0 saturated carbocycles. The number of hydrogen-bond donors (Lipinski definition) is 2. The summed E-state index contributed by atoms with van der Waals surface area (Å²) in [6, 6.07) is 13.5. The standard InChI is InChI=1S/C24H27N3O4S/c1-14(20(28)25-13-15-9-11-16(31-4)12-10-15)26-21(29)19-24(2,3)32-23-18-8-6-5-7-17(18)22(30)27(19)23/h5-12,14,19,23H,13H2,1-4H3,(H,25,28)(H,26,29)/t14-,19+,23+/m0/s1. The lowest BCUT2D eigenvalue weighted by Crippen LogP contribution is -2.56. The van der Waals surface area contributed by atoms with Gasteiger partial charge in [0.2, 0.25) is 11.8 Å². The van der Waals surface area contributed by atoms with Crippen LogP contribution in [0.5, 0.6) is 5.75 Å². The summed E-state index contributed by atoms with van der Waals surface area (Å²) >= 11 is 1.60. The van der Waals surface area contributed by atoms with Crippen molar-refractivity contribution in [2.24, 2.45) is 0 Å². The number of nitrogens with one attached hydrogen (secondary N) is 2. The van der Waals surface area contributed by atoms with Crippen molar-refractivity contribution in [3.63, 3.8) is 0 Å². The molecule has 0 spiro atoms. The molecule has 0 unspecified atom stereocenters. The molecule has 0 radical (unpaired) electrons. The van der Waals surface area contributed by atoms with Crippen molar-refractivity contribution in [2.45, 2.75) is 49.5 Å². The summed E-state index contributed by atoms with van der Waals surface area (Å²) in [6.45, 7) is 5.92. The number of ether oxygens (including phenoxy) is 1. The Hall–Kier alpha value is -3.00. The van der Waals surface area contributed by atoms with E-state index in [1.807, 2.05) is 56.3 Å². The minimum atomic E-state index is -0.735. The van der Waals surface area contributed by atoms with Crippen LogP contribution in [0.4, 0.5) is 0 Å². The van der Waals surface area contributed by atoms with Crippen molar-refractivity contribution in [1.29, 1.82) is 0 Å². The maximum absolute atomic E-state index is 13.2. The lowest BCUT2D eigenvalue weighted by Gasteiger charge is -2.30. The van der Waals surface area contributed by atoms with Crippen LogP contribution in [-0.4, -0.2) is 46.6 Å². The molecule has 2 aliphatic heterocycles. The molecule has 0 aromatic heterocycles. The molecular weight excluding hydrogens is 426 g/mol. The summed E-state index contributed by atoms with van der Waals surface area (Å²) in [5.74, 6) is -0.00133. The van der Waals surface area contributed by atoms with Gasteiger partial charge in [-0.2, -0.15) is 0 Å². The van der Waals surface area contributed by atoms with Crippen LogP contribution in [0.15, 0.2) is 48.5 Å². The van der Waals surface area contributed by atoms with Crippen molar-refractivity contribution in [2.75, 3.05) is 7.11 Å². The quantitative estimate of drug-likeness (QED) is 0.702. The molecule has 2 aromatic rings. The van der Waals surface area contributed by atoms with Crippen molar-refractivity contribution in [3.8, 4) is 5.75 Å². The number of amides is 3. The molecule has 3 amide bonds. The first-order valence-corrected chi connectivity index (χ1v) is 11.4. The molecule has 3 atom stereocenters. The fourth-order valence-electron chi connectivity index (χ4n) is 4.25. The Labute approximate surface area is 191 Å². The molecule has 7 nitrogen and oxygen atoms in total. The molecule has 4 rings (SSSR count). The van der Waals surface area contributed by atoms with Crippen molar-refractivity contribution in [3.05, 3.63) is 65.2 Å². The number of nitrogens with zero attached hydrogens (tertiary/aromatic N) is 1. The summed E-state index contributed by atoms with van der Waals surface area (Å²) in [5.41, 5.74) is 2.51. The van der Waals surface area contributed by atoms with Gasteiger partial charge in [-0.3, -0.25) is 14.4 Å². The predicted octanol–water partition coefficient (Wildman–Crippen LogP) is 2.86. The lowest BCUT2D eigenvalue weighted by atomic mass is 10.0. The number of fused-ring (bicyclic) bond motifs is 3. The largest absolute Gasteiger partial charge is 0.497 e. The number of carbonyl (C=O) groups is 3. The minimum Gasteiger partial charge on any atom is -0.497 e. The topological polar surface area (TPSA) is 87.7 Å². The van der Waals surface area contributed by atoms with E-state index in [-0.39, 0.29) is 23.1 Å². The molecule has 2 N–H and O–H groups in total. The number of methoxy groups -OCH3 is 1. The van der Waals surface area contributed by atoms with Crippen LogP contribution in [0.3, 0.4) is 0 Å². The average molecular weight is 454 g/mol. The van der Waals surface area contributed by atoms with E-state index in [1.54, 1.807) is 36.8 Å². The van der Waals surface area contributed by atoms with E-state index in [0.29, 0.717) is 12.1 Å². The molecule has 1 fully saturated rings. The van der Waals surface area contributed by atoms with Gasteiger partial charge in [0.25, 0.3) is 5.91 Å². The van der Waals surface area contributed by atoms with E-state index in [0.717, 1.165) is 16.9 Å². The van der Waals surface area contributed by atoms with Crippen LogP contribution in [0, 0.1) is 0 Å². The second kappa shape index (κ2) is 8.50. The highest BCUT2D eigenvalue weighted by molar-refractivity contribution is 8.01. The third kappa shape index (κ3) is 3.95. The maximum Gasteiger partial charge on any atom is 0.256 e. The first-order chi connectivity index (χ1) is 15.2. The van der Waals surface area contributed by atoms with Crippen molar-refractivity contribution < 1.29 is 19.1 Å². The fraction of sp³-hybridized carbons (Fsp3) is 0.375. The van der Waals surface area contributed by atoms with Crippen LogP contribution in [-0.2, 0) is 16.1 Å². The van der Waals surface area contributed by atoms with Gasteiger partial charge in [-0.15, -0.1) is 11.8 Å². The van der Waals surface area contributed by atoms with E-state index in [1.165, 1.54) is 0 Å². The Balaban J connectivity index is 1.41. The van der Waals surface area contributed by atoms with Gasteiger partial charge >= 0.3 is 0 Å². The Morgan fingerprint density at radius 2 is 1.84 bits per heavy atom. The maximum atomic E-state index is 13.2. The molecule has 1 saturated heterocycles. The van der Waals surface area contributed by atoms with Crippen molar-refractivity contribution >= 4 is 29.5 Å². The monoisotopic (exact) mass is 453 g/mol. The third-order valence-electron chi connectivity index (χ3n) is 5.92. The highest BCUT2D eigenvalue weighted by Crippen LogP contribution is 2.56. The molecule has 2 aliphatic rings. The van der Waals surface area contributed by atoms with E-state index in [9.17, 15) is 14.4 Å². The Morgan fingerprint density at radius 1 is 1.16 bits per heavy atom. The van der Waals surface area contributed by atoms with Gasteiger partial charge in [0.05, 0.1) is 7.11 Å². The Bertz CT molecular complexity index is 1050. The second-order valence-corrected chi connectivity index (χ2v) is 10.3. The zero-order valence-electron chi connectivity index (χ0n) is 18.5. The van der Waals surface area contributed by atoms with E-state index in [2.05, 4.69) is 10.6 Å². The second-order valence-electron chi connectivity index (χ2n) is 8.57. The average Bonchev–Trinajstić information content (AvgIpc) is 3.21. The van der Waals surface area contributed by atoms with E-state index >= 15 is 0 Å². The fourth-order valence-corrected chi connectivity index (χ4v) is 5.84. The van der Waals surface area contributed by atoms with Gasteiger partial charge in [-0.1, -0.05) is 30.3 Å². The molecule has 0 aliphatic carbocycles. The molecule has 32 heavy (non-hydrogen) atoms. The Morgan fingerprint density at radius 3 is 2.53 bits per heavy atom. The lowest BCUT2D eigenvalue weighted by molar-refractivity contribution is -0.131. The number of hydrogen-bond acceptors (Lipinski definition) is 5. The molecule has 8 heteroatoms. The third-order valence-corrected chi connectivity index (χ3v) is 7.46. The van der Waals surface area contributed by atoms with Crippen LogP contribution in [0.25, 0.3) is 0 Å². The number of benzene rings is 2. The number of thioether (sulfide) groups is 1. The van der Waals surface area contributed by atoms with Gasteiger partial charge < -0.3 is 20.3 Å². The van der Waals surface area contributed by atoms with Gasteiger partial charge in [0, 0.05) is 16.9 Å². The zero-order valence-corrected chi connectivity index (χ0v) is 19.4. The van der Waals surface area contributed by atoms with E-state index < -0.39 is 16.8 Å². The zero-order chi connectivity index (χ0) is 23.0. The highest BCUT2D eigenvalue weighted by Gasteiger charge is 2.57. The number of rotatable bonds is 6. The van der Waals surface area contributed by atoms with Crippen LogP contribution in [0.1, 0.15) is 47.6 Å². The van der Waals surface area contributed by atoms with Gasteiger partial charge in [0.1, 0.15) is 23.2 Å². The molecular formula is C24H27N3O4S. The summed E-state index contributed by atoms with van der Waals surface area (Å²) in [7, 11) is 1.60. The van der Waals surface area contributed by atoms with Crippen LogP contribution >= 0.6 is 11.8 Å². The van der Waals surface area contributed by atoms with Gasteiger partial charge in [0.15, 0.2) is 0 Å². The molecule has 168 valence electrons. The van der Waals surface area contributed by atoms with Crippen LogP contribution < -0.4 is 15.4 Å². The SMILES string of the molecule is COc1ccc(CNC(=O)[C@H](C)NC(=O)[C@H]2N3C(=O)c4ccccc4[C@H]3SC2(C)C)cc1. The normalized spacial score (nSPS) is 21.5. The van der Waals surface area contributed by atoms with Crippen LogP contribution in [0.2, 0.25) is 0 Å². The summed E-state index contributed by atoms with van der Waals surface area (Å²) in [4.78, 5) is 40.5. The first-order valence-electron chi connectivity index (χ1n) is 10.5. The first kappa shape index (κ1) is 22.2. The molecule has 2 heterocycles. The summed E-state index contributed by atoms with van der Waals surface area (Å²) in [5, 5.41) is 5.46. The molecule has 0 bridgehead atoms. The smallest absolute Gasteiger partial charge is 0.256 e. The number of carbonyl (C=O) groups excluding carboxylic acids is 3. The minimum absolute atomic E-state index is 0.138. The molecule has 2 aromatic carbocycles.